The molecule has 1 N–H and O–H groups in total. The van der Waals surface area contributed by atoms with Gasteiger partial charge in [0.05, 0.1) is 12.8 Å². The first-order valence-electron chi connectivity index (χ1n) is 10.9. The molecule has 3 heterocycles. The summed E-state index contributed by atoms with van der Waals surface area (Å²) in [7, 11) is 1.66. The van der Waals surface area contributed by atoms with Crippen molar-refractivity contribution >= 4 is 46.6 Å². The van der Waals surface area contributed by atoms with Gasteiger partial charge in [0.1, 0.15) is 17.5 Å². The zero-order chi connectivity index (χ0) is 24.1. The minimum atomic E-state index is -0.456. The molecule has 0 unspecified atom stereocenters. The second-order valence-electron chi connectivity index (χ2n) is 8.16. The third-order valence-corrected chi connectivity index (χ3v) is 7.33. The topological polar surface area (TPSA) is 61.2 Å². The number of ether oxygens (including phenoxy) is 2. The van der Waals surface area contributed by atoms with Crippen LogP contribution in [0, 0.1) is 0 Å². The largest absolute Gasteiger partial charge is 0.497 e. The number of anilines is 1. The summed E-state index contributed by atoms with van der Waals surface area (Å²) in [5.74, 6) is 2.15. The standard InChI is InChI=1S/C26H20Cl2N4O2S/c1-33-16-10-7-14(8-11-16)23-21-22(29-25-30-26(35-2)31-32(23)25)18-13-15(27)9-12-20(18)34-24(21)17-5-3-4-6-19(17)28/h3-13,23-24H,1-2H3,(H,29,30,31)/t23-,24+/m1/s1. The Morgan fingerprint density at radius 1 is 1.06 bits per heavy atom. The molecule has 2 atom stereocenters. The molecule has 0 spiro atoms. The molecular formula is C26H20Cl2N4O2S. The second kappa shape index (κ2) is 8.82. The zero-order valence-electron chi connectivity index (χ0n) is 18.8. The van der Waals surface area contributed by atoms with Crippen molar-refractivity contribution in [3.63, 3.8) is 0 Å². The van der Waals surface area contributed by atoms with Gasteiger partial charge >= 0.3 is 0 Å². The predicted molar refractivity (Wildman–Crippen MR) is 140 cm³/mol. The quantitative estimate of drug-likeness (QED) is 0.295. The van der Waals surface area contributed by atoms with Crippen molar-refractivity contribution in [2.45, 2.75) is 17.3 Å². The first kappa shape index (κ1) is 22.3. The van der Waals surface area contributed by atoms with E-state index in [2.05, 4.69) is 5.32 Å². The van der Waals surface area contributed by atoms with Crippen LogP contribution in [0.4, 0.5) is 5.95 Å². The second-order valence-corrected chi connectivity index (χ2v) is 9.77. The maximum atomic E-state index is 6.70. The molecule has 6 rings (SSSR count). The molecule has 0 bridgehead atoms. The summed E-state index contributed by atoms with van der Waals surface area (Å²) < 4.78 is 13.9. The highest BCUT2D eigenvalue weighted by Gasteiger charge is 2.42. The van der Waals surface area contributed by atoms with Gasteiger partial charge in [-0.1, -0.05) is 65.3 Å². The molecule has 0 saturated carbocycles. The number of hydrogen-bond donors (Lipinski definition) is 1. The van der Waals surface area contributed by atoms with E-state index in [0.717, 1.165) is 39.5 Å². The molecule has 176 valence electrons. The third-order valence-electron chi connectivity index (χ3n) is 6.22. The van der Waals surface area contributed by atoms with Gasteiger partial charge in [0.15, 0.2) is 6.10 Å². The smallest absolute Gasteiger partial charge is 0.227 e. The Labute approximate surface area is 216 Å². The summed E-state index contributed by atoms with van der Waals surface area (Å²) >= 11 is 14.6. The van der Waals surface area contributed by atoms with Crippen molar-refractivity contribution in [1.82, 2.24) is 14.8 Å². The lowest BCUT2D eigenvalue weighted by molar-refractivity contribution is 0.223. The molecule has 4 aromatic rings. The Kier molecular flexibility index (Phi) is 5.63. The van der Waals surface area contributed by atoms with Crippen LogP contribution in [-0.4, -0.2) is 28.1 Å². The number of aromatic nitrogens is 3. The molecular weight excluding hydrogens is 503 g/mol. The summed E-state index contributed by atoms with van der Waals surface area (Å²) in [5.41, 5.74) is 4.63. The van der Waals surface area contributed by atoms with Crippen LogP contribution >= 0.6 is 35.0 Å². The number of rotatable bonds is 4. The van der Waals surface area contributed by atoms with Gasteiger partial charge in [0, 0.05) is 26.7 Å². The first-order valence-corrected chi connectivity index (χ1v) is 12.9. The van der Waals surface area contributed by atoms with Crippen molar-refractivity contribution in [2.75, 3.05) is 18.7 Å². The first-order chi connectivity index (χ1) is 17.1. The average Bonchev–Trinajstić information content (AvgIpc) is 3.30. The molecule has 6 nitrogen and oxygen atoms in total. The minimum Gasteiger partial charge on any atom is -0.497 e. The molecule has 2 aliphatic rings. The summed E-state index contributed by atoms with van der Waals surface area (Å²) in [4.78, 5) is 4.73. The number of nitrogens with one attached hydrogen (secondary N) is 1. The lowest BCUT2D eigenvalue weighted by Crippen LogP contribution is -2.32. The van der Waals surface area contributed by atoms with E-state index in [4.69, 9.17) is 42.8 Å². The van der Waals surface area contributed by atoms with Gasteiger partial charge in [-0.25, -0.2) is 4.68 Å². The van der Waals surface area contributed by atoms with Crippen LogP contribution < -0.4 is 14.8 Å². The van der Waals surface area contributed by atoms with E-state index in [1.54, 1.807) is 7.11 Å². The van der Waals surface area contributed by atoms with E-state index in [1.807, 2.05) is 77.7 Å². The lowest BCUT2D eigenvalue weighted by atomic mass is 9.84. The zero-order valence-corrected chi connectivity index (χ0v) is 21.2. The van der Waals surface area contributed by atoms with E-state index in [1.165, 1.54) is 11.8 Å². The predicted octanol–water partition coefficient (Wildman–Crippen LogP) is 6.88. The number of fused-ring (bicyclic) bond motifs is 3. The van der Waals surface area contributed by atoms with Crippen LogP contribution in [0.1, 0.15) is 28.8 Å². The van der Waals surface area contributed by atoms with E-state index < -0.39 is 6.10 Å². The molecule has 1 aromatic heterocycles. The van der Waals surface area contributed by atoms with Gasteiger partial charge in [0.2, 0.25) is 11.1 Å². The van der Waals surface area contributed by atoms with Crippen LogP contribution in [0.2, 0.25) is 10.0 Å². The molecule has 0 saturated heterocycles. The Balaban J connectivity index is 1.64. The third kappa shape index (κ3) is 3.75. The highest BCUT2D eigenvalue weighted by molar-refractivity contribution is 7.98. The Morgan fingerprint density at radius 3 is 2.60 bits per heavy atom. The lowest BCUT2D eigenvalue weighted by Gasteiger charge is -2.39. The fraction of sp³-hybridized carbons (Fsp3) is 0.154. The minimum absolute atomic E-state index is 0.297. The summed E-state index contributed by atoms with van der Waals surface area (Å²) in [6.45, 7) is 0. The fourth-order valence-corrected chi connectivity index (χ4v) is 5.38. The molecule has 0 aliphatic carbocycles. The van der Waals surface area contributed by atoms with Gasteiger partial charge < -0.3 is 14.8 Å². The van der Waals surface area contributed by atoms with E-state index >= 15 is 0 Å². The maximum absolute atomic E-state index is 6.70. The summed E-state index contributed by atoms with van der Waals surface area (Å²) in [6, 6.07) is 21.1. The number of thioether (sulfide) groups is 1. The number of nitrogens with zero attached hydrogens (tertiary/aromatic N) is 3. The Bertz CT molecular complexity index is 1470. The van der Waals surface area contributed by atoms with Crippen molar-refractivity contribution in [2.24, 2.45) is 0 Å². The van der Waals surface area contributed by atoms with Gasteiger partial charge in [-0.2, -0.15) is 4.98 Å². The van der Waals surface area contributed by atoms with Gasteiger partial charge in [-0.3, -0.25) is 0 Å². The highest BCUT2D eigenvalue weighted by Crippen LogP contribution is 2.52. The van der Waals surface area contributed by atoms with Gasteiger partial charge in [-0.05, 0) is 48.2 Å². The average molecular weight is 523 g/mol. The van der Waals surface area contributed by atoms with Gasteiger partial charge in [-0.15, -0.1) is 5.10 Å². The molecule has 0 radical (unpaired) electrons. The molecule has 2 aliphatic heterocycles. The molecule has 0 amide bonds. The SMILES string of the molecule is COc1ccc([C@@H]2C3=C(Nc4nc(SC)nn42)c2cc(Cl)ccc2O[C@H]3c2ccccc2Cl)cc1. The number of halogens is 2. The van der Waals surface area contributed by atoms with Gasteiger partial charge in [0.25, 0.3) is 0 Å². The number of methoxy groups -OCH3 is 1. The van der Waals surface area contributed by atoms with Crippen LogP contribution in [0.15, 0.2) is 77.5 Å². The molecule has 3 aromatic carbocycles. The van der Waals surface area contributed by atoms with Crippen LogP contribution in [0.25, 0.3) is 5.70 Å². The highest BCUT2D eigenvalue weighted by atomic mass is 35.5. The summed E-state index contributed by atoms with van der Waals surface area (Å²) in [5, 5.41) is 10.3. The normalized spacial score (nSPS) is 18.2. The van der Waals surface area contributed by atoms with Crippen molar-refractivity contribution < 1.29 is 9.47 Å². The van der Waals surface area contributed by atoms with Crippen LogP contribution in [-0.2, 0) is 0 Å². The van der Waals surface area contributed by atoms with Crippen molar-refractivity contribution in [1.29, 1.82) is 0 Å². The fourth-order valence-electron chi connectivity index (χ4n) is 4.62. The Morgan fingerprint density at radius 2 is 1.86 bits per heavy atom. The number of hydrogen-bond acceptors (Lipinski definition) is 6. The van der Waals surface area contributed by atoms with E-state index in [-0.39, 0.29) is 6.04 Å². The van der Waals surface area contributed by atoms with E-state index in [0.29, 0.717) is 21.2 Å². The van der Waals surface area contributed by atoms with Crippen molar-refractivity contribution in [3.8, 4) is 11.5 Å². The Hall–Kier alpha value is -3.13. The molecule has 35 heavy (non-hydrogen) atoms. The van der Waals surface area contributed by atoms with Crippen LogP contribution in [0.3, 0.4) is 0 Å². The van der Waals surface area contributed by atoms with Crippen molar-refractivity contribution in [3.05, 3.63) is 99.0 Å². The summed E-state index contributed by atoms with van der Waals surface area (Å²) in [6.07, 6.45) is 1.50. The number of benzene rings is 3. The van der Waals surface area contributed by atoms with E-state index in [9.17, 15) is 0 Å². The molecule has 0 fully saturated rings. The monoisotopic (exact) mass is 522 g/mol. The maximum Gasteiger partial charge on any atom is 0.227 e. The molecule has 9 heteroatoms. The van der Waals surface area contributed by atoms with Crippen LogP contribution in [0.5, 0.6) is 11.5 Å².